The SMILES string of the molecule is CNCc1ccc(S(=O)(=O)N2CCS(=O)(=O)CC2C)s1. The van der Waals surface area contributed by atoms with Crippen molar-refractivity contribution < 1.29 is 16.8 Å². The first-order valence-corrected chi connectivity index (χ1v) is 10.3. The van der Waals surface area contributed by atoms with E-state index in [1.165, 1.54) is 15.6 Å². The van der Waals surface area contributed by atoms with Gasteiger partial charge in [0.25, 0.3) is 10.0 Å². The summed E-state index contributed by atoms with van der Waals surface area (Å²) in [6, 6.07) is 2.84. The van der Waals surface area contributed by atoms with E-state index in [1.807, 2.05) is 0 Å². The van der Waals surface area contributed by atoms with Gasteiger partial charge in [0, 0.05) is 24.0 Å². The summed E-state index contributed by atoms with van der Waals surface area (Å²) < 4.78 is 49.7. The molecule has 1 aromatic rings. The van der Waals surface area contributed by atoms with Crippen LogP contribution in [0.1, 0.15) is 11.8 Å². The monoisotopic (exact) mass is 338 g/mol. The van der Waals surface area contributed by atoms with Crippen molar-refractivity contribution in [2.24, 2.45) is 0 Å². The van der Waals surface area contributed by atoms with Crippen LogP contribution in [-0.2, 0) is 26.4 Å². The Labute approximate surface area is 123 Å². The number of nitrogens with one attached hydrogen (secondary N) is 1. The van der Waals surface area contributed by atoms with Crippen molar-refractivity contribution in [1.29, 1.82) is 0 Å². The number of thiophene rings is 1. The van der Waals surface area contributed by atoms with Crippen molar-refractivity contribution in [3.8, 4) is 0 Å². The van der Waals surface area contributed by atoms with Gasteiger partial charge in [-0.25, -0.2) is 16.8 Å². The van der Waals surface area contributed by atoms with E-state index in [2.05, 4.69) is 5.32 Å². The molecule has 0 aliphatic carbocycles. The summed E-state index contributed by atoms with van der Waals surface area (Å²) in [6.07, 6.45) is 0. The second-order valence-corrected chi connectivity index (χ2v) is 10.3. The fourth-order valence-electron chi connectivity index (χ4n) is 2.22. The first kappa shape index (κ1) is 15.9. The Morgan fingerprint density at radius 3 is 2.75 bits per heavy atom. The molecule has 2 heterocycles. The van der Waals surface area contributed by atoms with Gasteiger partial charge in [0.15, 0.2) is 9.84 Å². The second-order valence-electron chi connectivity index (χ2n) is 4.83. The number of rotatable bonds is 4. The minimum absolute atomic E-state index is 0.0328. The fraction of sp³-hybridized carbons (Fsp3) is 0.636. The number of nitrogens with zero attached hydrogens (tertiary/aromatic N) is 1. The van der Waals surface area contributed by atoms with Gasteiger partial charge in [-0.15, -0.1) is 11.3 Å². The van der Waals surface area contributed by atoms with Gasteiger partial charge in [-0.1, -0.05) is 0 Å². The highest BCUT2D eigenvalue weighted by Crippen LogP contribution is 2.28. The molecule has 9 heteroatoms. The Balaban J connectivity index is 2.26. The van der Waals surface area contributed by atoms with Gasteiger partial charge in [0.05, 0.1) is 11.5 Å². The predicted molar refractivity (Wildman–Crippen MR) is 79.1 cm³/mol. The summed E-state index contributed by atoms with van der Waals surface area (Å²) in [5.41, 5.74) is 0. The molecule has 1 unspecified atom stereocenters. The van der Waals surface area contributed by atoms with Crippen LogP contribution in [0.3, 0.4) is 0 Å². The molecule has 1 aromatic heterocycles. The molecule has 114 valence electrons. The Morgan fingerprint density at radius 1 is 1.45 bits per heavy atom. The molecule has 1 fully saturated rings. The lowest BCUT2D eigenvalue weighted by Gasteiger charge is -2.31. The third-order valence-corrected chi connectivity index (χ3v) is 8.52. The van der Waals surface area contributed by atoms with E-state index in [0.717, 1.165) is 4.88 Å². The normalized spacial score (nSPS) is 23.8. The summed E-state index contributed by atoms with van der Waals surface area (Å²) in [5, 5.41) is 2.97. The predicted octanol–water partition coefficient (Wildman–Crippen LogP) is 0.275. The Bertz CT molecular complexity index is 678. The highest BCUT2D eigenvalue weighted by Gasteiger charge is 2.37. The first-order chi connectivity index (χ1) is 9.26. The minimum Gasteiger partial charge on any atom is -0.315 e. The summed E-state index contributed by atoms with van der Waals surface area (Å²) >= 11 is 1.22. The van der Waals surface area contributed by atoms with Crippen LogP contribution in [0.2, 0.25) is 0 Å². The van der Waals surface area contributed by atoms with Crippen molar-refractivity contribution >= 4 is 31.2 Å². The van der Waals surface area contributed by atoms with E-state index in [0.29, 0.717) is 6.54 Å². The molecule has 0 spiro atoms. The van der Waals surface area contributed by atoms with Crippen molar-refractivity contribution in [2.75, 3.05) is 25.1 Å². The van der Waals surface area contributed by atoms with Crippen LogP contribution in [-0.4, -0.2) is 52.3 Å². The summed E-state index contributed by atoms with van der Waals surface area (Å²) in [5.74, 6) is -0.216. The topological polar surface area (TPSA) is 83.6 Å². The first-order valence-electron chi connectivity index (χ1n) is 6.22. The highest BCUT2D eigenvalue weighted by molar-refractivity contribution is 7.92. The molecule has 2 rings (SSSR count). The molecular weight excluding hydrogens is 320 g/mol. The van der Waals surface area contributed by atoms with E-state index in [-0.39, 0.29) is 22.3 Å². The van der Waals surface area contributed by atoms with E-state index < -0.39 is 25.9 Å². The molecule has 1 aliphatic heterocycles. The third-order valence-electron chi connectivity index (χ3n) is 3.16. The summed E-state index contributed by atoms with van der Waals surface area (Å²) in [4.78, 5) is 0.934. The molecule has 1 atom stereocenters. The molecule has 6 nitrogen and oxygen atoms in total. The van der Waals surface area contributed by atoms with Gasteiger partial charge >= 0.3 is 0 Å². The molecule has 0 saturated carbocycles. The van der Waals surface area contributed by atoms with Crippen LogP contribution >= 0.6 is 11.3 Å². The zero-order chi connectivity index (χ0) is 15.0. The van der Waals surface area contributed by atoms with Crippen molar-refractivity contribution in [3.63, 3.8) is 0 Å². The van der Waals surface area contributed by atoms with Gasteiger partial charge < -0.3 is 5.32 Å². The lowest BCUT2D eigenvalue weighted by atomic mass is 10.4. The quantitative estimate of drug-likeness (QED) is 0.852. The van der Waals surface area contributed by atoms with E-state index in [4.69, 9.17) is 0 Å². The summed E-state index contributed by atoms with van der Waals surface area (Å²) in [7, 11) is -4.93. The number of hydrogen-bond donors (Lipinski definition) is 1. The molecule has 20 heavy (non-hydrogen) atoms. The zero-order valence-corrected chi connectivity index (χ0v) is 13.8. The van der Waals surface area contributed by atoms with Crippen LogP contribution in [0, 0.1) is 0 Å². The zero-order valence-electron chi connectivity index (χ0n) is 11.4. The molecule has 0 bridgehead atoms. The molecule has 1 aliphatic rings. The van der Waals surface area contributed by atoms with Crippen molar-refractivity contribution in [1.82, 2.24) is 9.62 Å². The van der Waals surface area contributed by atoms with Crippen LogP contribution < -0.4 is 5.32 Å². The maximum Gasteiger partial charge on any atom is 0.252 e. The third kappa shape index (κ3) is 3.22. The minimum atomic E-state index is -3.60. The average molecular weight is 338 g/mol. The van der Waals surface area contributed by atoms with E-state index in [1.54, 1.807) is 26.1 Å². The van der Waals surface area contributed by atoms with Crippen LogP contribution in [0.15, 0.2) is 16.3 Å². The molecular formula is C11H18N2O4S3. The Kier molecular flexibility index (Phi) is 4.55. The van der Waals surface area contributed by atoms with Crippen molar-refractivity contribution in [2.45, 2.75) is 23.7 Å². The Morgan fingerprint density at radius 2 is 2.15 bits per heavy atom. The largest absolute Gasteiger partial charge is 0.315 e. The van der Waals surface area contributed by atoms with Gasteiger partial charge in [-0.3, -0.25) is 0 Å². The summed E-state index contributed by atoms with van der Waals surface area (Å²) in [6.45, 7) is 2.28. The van der Waals surface area contributed by atoms with Crippen LogP contribution in [0.5, 0.6) is 0 Å². The van der Waals surface area contributed by atoms with Gasteiger partial charge in [-0.05, 0) is 26.1 Å². The fourth-order valence-corrected chi connectivity index (χ4v) is 7.12. The number of sulfone groups is 1. The van der Waals surface area contributed by atoms with E-state index in [9.17, 15) is 16.8 Å². The van der Waals surface area contributed by atoms with Gasteiger partial charge in [0.2, 0.25) is 0 Å². The second kappa shape index (κ2) is 5.72. The highest BCUT2D eigenvalue weighted by atomic mass is 32.2. The van der Waals surface area contributed by atoms with Crippen LogP contribution in [0.4, 0.5) is 0 Å². The standard InChI is InChI=1S/C11H18N2O4S3/c1-9-8-19(14,15)6-5-13(9)20(16,17)11-4-3-10(18-11)7-12-2/h3-4,9,12H,5-8H2,1-2H3. The van der Waals surface area contributed by atoms with E-state index >= 15 is 0 Å². The number of hydrogen-bond acceptors (Lipinski definition) is 6. The lowest BCUT2D eigenvalue weighted by molar-refractivity contribution is 0.357. The maximum atomic E-state index is 12.5. The van der Waals surface area contributed by atoms with Gasteiger partial charge in [-0.2, -0.15) is 4.31 Å². The maximum absolute atomic E-state index is 12.5. The Hall–Kier alpha value is -0.480. The van der Waals surface area contributed by atoms with Crippen molar-refractivity contribution in [3.05, 3.63) is 17.0 Å². The average Bonchev–Trinajstić information content (AvgIpc) is 2.77. The molecule has 1 saturated heterocycles. The molecule has 0 aromatic carbocycles. The van der Waals surface area contributed by atoms with Crippen LogP contribution in [0.25, 0.3) is 0 Å². The van der Waals surface area contributed by atoms with Gasteiger partial charge in [0.1, 0.15) is 4.21 Å². The molecule has 0 radical (unpaired) electrons. The lowest BCUT2D eigenvalue weighted by Crippen LogP contribution is -2.49. The molecule has 1 N–H and O–H groups in total. The number of sulfonamides is 1. The smallest absolute Gasteiger partial charge is 0.252 e. The molecule has 0 amide bonds.